The Hall–Kier alpha value is -3.16. The molecule has 4 rings (SSSR count). The molecule has 0 aromatic carbocycles. The highest BCUT2D eigenvalue weighted by Crippen LogP contribution is 2.34. The van der Waals surface area contributed by atoms with Gasteiger partial charge < -0.3 is 9.73 Å². The molecule has 1 unspecified atom stereocenters. The minimum absolute atomic E-state index is 0.0660. The molecule has 0 bridgehead atoms. The molecule has 134 valence electrons. The molecule has 3 aromatic rings. The first-order valence-electron chi connectivity index (χ1n) is 8.46. The van der Waals surface area contributed by atoms with Crippen LogP contribution in [0.15, 0.2) is 38.4 Å². The summed E-state index contributed by atoms with van der Waals surface area (Å²) in [6.07, 6.45) is 3.14. The molecule has 1 saturated carbocycles. The van der Waals surface area contributed by atoms with Crippen LogP contribution in [0.1, 0.15) is 53.7 Å². The molecule has 0 spiro atoms. The topological polar surface area (TPSA) is 110 Å². The minimum Gasteiger partial charge on any atom is -0.464 e. The maximum atomic E-state index is 12.5. The van der Waals surface area contributed by atoms with E-state index in [0.29, 0.717) is 11.4 Å². The van der Waals surface area contributed by atoms with Crippen molar-refractivity contribution >= 4 is 16.9 Å². The number of carbonyl (C=O) groups is 1. The van der Waals surface area contributed by atoms with Gasteiger partial charge in [-0.1, -0.05) is 0 Å². The predicted octanol–water partition coefficient (Wildman–Crippen LogP) is 1.81. The zero-order chi connectivity index (χ0) is 18.4. The second-order valence-electron chi connectivity index (χ2n) is 6.60. The van der Waals surface area contributed by atoms with Gasteiger partial charge in [0.1, 0.15) is 17.2 Å². The van der Waals surface area contributed by atoms with E-state index in [1.807, 2.05) is 19.9 Å². The first-order valence-corrected chi connectivity index (χ1v) is 8.46. The molecule has 26 heavy (non-hydrogen) atoms. The highest BCUT2D eigenvalue weighted by atomic mass is 16.3. The van der Waals surface area contributed by atoms with Crippen molar-refractivity contribution in [1.82, 2.24) is 19.9 Å². The lowest BCUT2D eigenvalue weighted by molar-refractivity contribution is 0.0935. The second kappa shape index (κ2) is 5.98. The number of fused-ring (bicyclic) bond motifs is 1. The average Bonchev–Trinajstić information content (AvgIpc) is 3.34. The average molecular weight is 354 g/mol. The highest BCUT2D eigenvalue weighted by molar-refractivity contribution is 5.96. The summed E-state index contributed by atoms with van der Waals surface area (Å²) < 4.78 is 7.00. The van der Waals surface area contributed by atoms with Gasteiger partial charge in [0, 0.05) is 12.2 Å². The summed E-state index contributed by atoms with van der Waals surface area (Å²) in [4.78, 5) is 43.2. The molecule has 8 nitrogen and oxygen atoms in total. The fraction of sp³-hybridized carbons (Fsp3) is 0.333. The van der Waals surface area contributed by atoms with Gasteiger partial charge in [-0.2, -0.15) is 0 Å². The number of H-pyrrole nitrogens is 1. The summed E-state index contributed by atoms with van der Waals surface area (Å²) >= 11 is 0. The third-order valence-corrected chi connectivity index (χ3v) is 4.49. The van der Waals surface area contributed by atoms with E-state index in [1.165, 1.54) is 16.8 Å². The summed E-state index contributed by atoms with van der Waals surface area (Å²) in [5.74, 6) is 1.03. The summed E-state index contributed by atoms with van der Waals surface area (Å²) in [6.45, 7) is 3.64. The molecule has 8 heteroatoms. The Balaban J connectivity index is 1.68. The molecule has 0 aliphatic heterocycles. The van der Waals surface area contributed by atoms with E-state index in [0.717, 1.165) is 18.6 Å². The summed E-state index contributed by atoms with van der Waals surface area (Å²) in [6, 6.07) is 4.83. The van der Waals surface area contributed by atoms with E-state index in [1.54, 1.807) is 6.07 Å². The van der Waals surface area contributed by atoms with Gasteiger partial charge in [0.05, 0.1) is 17.0 Å². The van der Waals surface area contributed by atoms with Gasteiger partial charge in [-0.3, -0.25) is 19.1 Å². The predicted molar refractivity (Wildman–Crippen MR) is 94.2 cm³/mol. The number of aromatic nitrogens is 3. The molecule has 1 aliphatic carbocycles. The smallest absolute Gasteiger partial charge is 0.330 e. The van der Waals surface area contributed by atoms with Gasteiger partial charge in [0.25, 0.3) is 11.5 Å². The van der Waals surface area contributed by atoms with Crippen molar-refractivity contribution < 1.29 is 9.21 Å². The molecular formula is C18H18N4O4. The molecule has 3 heterocycles. The number of hydrogen-bond donors (Lipinski definition) is 2. The van der Waals surface area contributed by atoms with Gasteiger partial charge in [0.2, 0.25) is 0 Å². The Morgan fingerprint density at radius 2 is 2.15 bits per heavy atom. The van der Waals surface area contributed by atoms with Crippen LogP contribution in [0, 0.1) is 6.92 Å². The molecule has 1 atom stereocenters. The lowest BCUT2D eigenvalue weighted by atomic mass is 10.2. The van der Waals surface area contributed by atoms with Crippen molar-refractivity contribution in [3.8, 4) is 0 Å². The van der Waals surface area contributed by atoms with Crippen LogP contribution >= 0.6 is 0 Å². The number of nitrogens with one attached hydrogen (secondary N) is 2. The van der Waals surface area contributed by atoms with Crippen LogP contribution in [0.4, 0.5) is 0 Å². The standard InChI is InChI=1S/C18H18N4O4/c1-9-3-6-14(26-9)10(2)20-16(23)11-7-13-15(19-8-11)22(12-4-5-12)18(25)21-17(13)24/h3,6-8,10,12H,4-5H2,1-2H3,(H,20,23)(H,21,24,25). The van der Waals surface area contributed by atoms with Crippen molar-refractivity contribution in [2.24, 2.45) is 0 Å². The van der Waals surface area contributed by atoms with Crippen LogP contribution in [0.2, 0.25) is 0 Å². The molecule has 1 amide bonds. The highest BCUT2D eigenvalue weighted by Gasteiger charge is 2.28. The first-order chi connectivity index (χ1) is 12.4. The van der Waals surface area contributed by atoms with E-state index in [9.17, 15) is 14.4 Å². The summed E-state index contributed by atoms with van der Waals surface area (Å²) in [7, 11) is 0. The van der Waals surface area contributed by atoms with Crippen LogP contribution < -0.4 is 16.6 Å². The van der Waals surface area contributed by atoms with Crippen molar-refractivity contribution in [3.05, 3.63) is 62.3 Å². The first kappa shape index (κ1) is 16.3. The van der Waals surface area contributed by atoms with E-state index in [4.69, 9.17) is 4.42 Å². The zero-order valence-electron chi connectivity index (χ0n) is 14.4. The van der Waals surface area contributed by atoms with E-state index < -0.39 is 11.2 Å². The summed E-state index contributed by atoms with van der Waals surface area (Å²) in [5, 5.41) is 3.05. The number of hydrogen-bond acceptors (Lipinski definition) is 5. The molecule has 0 saturated heterocycles. The maximum Gasteiger partial charge on any atom is 0.330 e. The molecule has 0 radical (unpaired) electrons. The Labute approximate surface area is 147 Å². The number of rotatable bonds is 4. The molecular weight excluding hydrogens is 336 g/mol. The molecule has 3 aromatic heterocycles. The molecule has 1 fully saturated rings. The number of aryl methyl sites for hydroxylation is 1. The van der Waals surface area contributed by atoms with E-state index >= 15 is 0 Å². The molecule has 1 aliphatic rings. The number of pyridine rings is 1. The Bertz CT molecular complexity index is 1120. The zero-order valence-corrected chi connectivity index (χ0v) is 14.4. The van der Waals surface area contributed by atoms with Crippen LogP contribution in [-0.4, -0.2) is 20.4 Å². The van der Waals surface area contributed by atoms with Gasteiger partial charge in [-0.15, -0.1) is 0 Å². The lowest BCUT2D eigenvalue weighted by Gasteiger charge is -2.12. The monoisotopic (exact) mass is 354 g/mol. The van der Waals surface area contributed by atoms with Crippen molar-refractivity contribution in [2.75, 3.05) is 0 Å². The normalized spacial score (nSPS) is 15.2. The Morgan fingerprint density at radius 1 is 1.38 bits per heavy atom. The van der Waals surface area contributed by atoms with Crippen molar-refractivity contribution in [2.45, 2.75) is 38.8 Å². The number of carbonyl (C=O) groups excluding carboxylic acids is 1. The number of nitrogens with zero attached hydrogens (tertiary/aromatic N) is 2. The van der Waals surface area contributed by atoms with Crippen LogP contribution in [-0.2, 0) is 0 Å². The largest absolute Gasteiger partial charge is 0.464 e. The third-order valence-electron chi connectivity index (χ3n) is 4.49. The van der Waals surface area contributed by atoms with Gasteiger partial charge >= 0.3 is 5.69 Å². The van der Waals surface area contributed by atoms with Gasteiger partial charge in [-0.05, 0) is 44.9 Å². The number of amides is 1. The molecule has 2 N–H and O–H groups in total. The lowest BCUT2D eigenvalue weighted by Crippen LogP contribution is -2.31. The SMILES string of the molecule is Cc1ccc(C(C)NC(=O)c2cnc3c(c2)c(=O)[nH]c(=O)n3C2CC2)o1. The van der Waals surface area contributed by atoms with Gasteiger partial charge in [-0.25, -0.2) is 9.78 Å². The van der Waals surface area contributed by atoms with Crippen molar-refractivity contribution in [3.63, 3.8) is 0 Å². The number of furan rings is 1. The van der Waals surface area contributed by atoms with Gasteiger partial charge in [0.15, 0.2) is 0 Å². The fourth-order valence-corrected chi connectivity index (χ4v) is 2.97. The van der Waals surface area contributed by atoms with Crippen LogP contribution in [0.25, 0.3) is 11.0 Å². The van der Waals surface area contributed by atoms with Crippen molar-refractivity contribution in [1.29, 1.82) is 0 Å². The third kappa shape index (κ3) is 2.83. The quantitative estimate of drug-likeness (QED) is 0.742. The van der Waals surface area contributed by atoms with Crippen LogP contribution in [0.3, 0.4) is 0 Å². The van der Waals surface area contributed by atoms with E-state index in [-0.39, 0.29) is 28.9 Å². The Morgan fingerprint density at radius 3 is 2.81 bits per heavy atom. The fourth-order valence-electron chi connectivity index (χ4n) is 2.97. The maximum absolute atomic E-state index is 12.5. The minimum atomic E-state index is -0.543. The van der Waals surface area contributed by atoms with E-state index in [2.05, 4.69) is 15.3 Å². The second-order valence-corrected chi connectivity index (χ2v) is 6.60. The number of aromatic amines is 1. The Kier molecular flexibility index (Phi) is 3.75. The summed E-state index contributed by atoms with van der Waals surface area (Å²) in [5.41, 5.74) is -0.443. The van der Waals surface area contributed by atoms with Crippen LogP contribution in [0.5, 0.6) is 0 Å².